The van der Waals surface area contributed by atoms with E-state index in [2.05, 4.69) is 5.32 Å². The molecule has 0 radical (unpaired) electrons. The molecule has 20 heavy (non-hydrogen) atoms. The molecular formula is C14H18ClNO4. The average molecular weight is 300 g/mol. The molecule has 0 aliphatic heterocycles. The van der Waals surface area contributed by atoms with E-state index in [4.69, 9.17) is 21.4 Å². The lowest BCUT2D eigenvalue weighted by Crippen LogP contribution is -2.30. The zero-order valence-corrected chi connectivity index (χ0v) is 12.0. The number of rotatable bonds is 8. The van der Waals surface area contributed by atoms with Crippen molar-refractivity contribution >= 4 is 23.5 Å². The van der Waals surface area contributed by atoms with Gasteiger partial charge in [-0.2, -0.15) is 0 Å². The molecular weight excluding hydrogens is 282 g/mol. The summed E-state index contributed by atoms with van der Waals surface area (Å²) >= 11 is 5.79. The van der Waals surface area contributed by atoms with Gasteiger partial charge in [0.25, 0.3) is 5.91 Å². The molecule has 0 bridgehead atoms. The van der Waals surface area contributed by atoms with Gasteiger partial charge in [0.2, 0.25) is 0 Å². The van der Waals surface area contributed by atoms with Crippen LogP contribution in [0.4, 0.5) is 0 Å². The van der Waals surface area contributed by atoms with Crippen molar-refractivity contribution < 1.29 is 19.4 Å². The molecule has 2 N–H and O–H groups in total. The third-order valence-electron chi connectivity index (χ3n) is 2.72. The molecule has 1 rings (SSSR count). The van der Waals surface area contributed by atoms with Crippen LogP contribution in [-0.4, -0.2) is 30.1 Å². The maximum absolute atomic E-state index is 11.5. The lowest BCUT2D eigenvalue weighted by Gasteiger charge is -2.09. The molecule has 5 nitrogen and oxygen atoms in total. The third-order valence-corrected chi connectivity index (χ3v) is 2.96. The number of carboxylic acids is 1. The van der Waals surface area contributed by atoms with Gasteiger partial charge in [0.05, 0.1) is 5.92 Å². The molecule has 0 aliphatic rings. The Kier molecular flexibility index (Phi) is 6.87. The monoisotopic (exact) mass is 299 g/mol. The van der Waals surface area contributed by atoms with Gasteiger partial charge in [-0.1, -0.05) is 24.6 Å². The van der Waals surface area contributed by atoms with Crippen LogP contribution in [0.25, 0.3) is 0 Å². The molecule has 1 unspecified atom stereocenters. The molecule has 1 atom stereocenters. The van der Waals surface area contributed by atoms with Gasteiger partial charge in [-0.15, -0.1) is 0 Å². The van der Waals surface area contributed by atoms with Gasteiger partial charge < -0.3 is 15.2 Å². The summed E-state index contributed by atoms with van der Waals surface area (Å²) in [4.78, 5) is 22.1. The van der Waals surface area contributed by atoms with E-state index in [1.165, 1.54) is 0 Å². The minimum atomic E-state index is -0.819. The average Bonchev–Trinajstić information content (AvgIpc) is 2.41. The minimum absolute atomic E-state index is 0.0885. The second-order valence-electron chi connectivity index (χ2n) is 4.48. The maximum Gasteiger partial charge on any atom is 0.306 e. The van der Waals surface area contributed by atoms with E-state index in [0.29, 0.717) is 30.2 Å². The Morgan fingerprint density at radius 3 is 2.85 bits per heavy atom. The minimum Gasteiger partial charge on any atom is -0.484 e. The first kappa shape index (κ1) is 16.3. The zero-order chi connectivity index (χ0) is 15.0. The largest absolute Gasteiger partial charge is 0.484 e. The lowest BCUT2D eigenvalue weighted by molar-refractivity contribution is -0.141. The van der Waals surface area contributed by atoms with Gasteiger partial charge in [-0.3, -0.25) is 9.59 Å². The Morgan fingerprint density at radius 2 is 2.20 bits per heavy atom. The van der Waals surface area contributed by atoms with Gasteiger partial charge in [-0.05, 0) is 31.0 Å². The molecule has 1 amide bonds. The van der Waals surface area contributed by atoms with Crippen LogP contribution in [0, 0.1) is 5.92 Å². The van der Waals surface area contributed by atoms with Crippen LogP contribution < -0.4 is 10.1 Å². The van der Waals surface area contributed by atoms with Gasteiger partial charge in [0.1, 0.15) is 5.75 Å². The number of carbonyl (C=O) groups excluding carboxylic acids is 1. The Hall–Kier alpha value is -1.75. The number of hydrogen-bond donors (Lipinski definition) is 2. The van der Waals surface area contributed by atoms with E-state index in [9.17, 15) is 9.59 Å². The fourth-order valence-corrected chi connectivity index (χ4v) is 1.70. The van der Waals surface area contributed by atoms with E-state index in [0.717, 1.165) is 0 Å². The molecule has 110 valence electrons. The van der Waals surface area contributed by atoms with E-state index in [-0.39, 0.29) is 12.5 Å². The first-order valence-electron chi connectivity index (χ1n) is 6.37. The normalized spacial score (nSPS) is 11.7. The fraction of sp³-hybridized carbons (Fsp3) is 0.429. The lowest BCUT2D eigenvalue weighted by atomic mass is 10.1. The van der Waals surface area contributed by atoms with Gasteiger partial charge in [0.15, 0.2) is 6.61 Å². The Balaban J connectivity index is 2.16. The van der Waals surface area contributed by atoms with Crippen molar-refractivity contribution in [3.05, 3.63) is 29.3 Å². The summed E-state index contributed by atoms with van der Waals surface area (Å²) in [5, 5.41) is 11.9. The van der Waals surface area contributed by atoms with Crippen molar-refractivity contribution in [2.45, 2.75) is 19.8 Å². The highest BCUT2D eigenvalue weighted by Gasteiger charge is 2.10. The summed E-state index contributed by atoms with van der Waals surface area (Å²) in [6, 6.07) is 6.80. The van der Waals surface area contributed by atoms with Crippen molar-refractivity contribution in [3.63, 3.8) is 0 Å². The van der Waals surface area contributed by atoms with E-state index >= 15 is 0 Å². The predicted molar refractivity (Wildman–Crippen MR) is 76.0 cm³/mol. The quantitative estimate of drug-likeness (QED) is 0.722. The van der Waals surface area contributed by atoms with E-state index in [1.807, 2.05) is 0 Å². The Morgan fingerprint density at radius 1 is 1.45 bits per heavy atom. The van der Waals surface area contributed by atoms with Gasteiger partial charge >= 0.3 is 5.97 Å². The summed E-state index contributed by atoms with van der Waals surface area (Å²) in [6.07, 6.45) is 1.15. The molecule has 0 spiro atoms. The highest BCUT2D eigenvalue weighted by atomic mass is 35.5. The first-order valence-corrected chi connectivity index (χ1v) is 6.74. The molecule has 0 aliphatic carbocycles. The molecule has 0 heterocycles. The van der Waals surface area contributed by atoms with Crippen LogP contribution in [0.15, 0.2) is 24.3 Å². The number of carboxylic acid groups (broad SMARTS) is 1. The first-order chi connectivity index (χ1) is 9.49. The van der Waals surface area contributed by atoms with Crippen LogP contribution >= 0.6 is 11.6 Å². The van der Waals surface area contributed by atoms with Crippen molar-refractivity contribution in [1.82, 2.24) is 5.32 Å². The second-order valence-corrected chi connectivity index (χ2v) is 4.91. The van der Waals surface area contributed by atoms with E-state index in [1.54, 1.807) is 31.2 Å². The van der Waals surface area contributed by atoms with Crippen molar-refractivity contribution in [1.29, 1.82) is 0 Å². The molecule has 6 heteroatoms. The highest BCUT2D eigenvalue weighted by molar-refractivity contribution is 6.30. The molecule has 1 aromatic rings. The molecule has 0 fully saturated rings. The number of nitrogens with one attached hydrogen (secondary N) is 1. The number of aliphatic carboxylic acids is 1. The molecule has 0 saturated heterocycles. The Labute approximate surface area is 122 Å². The smallest absolute Gasteiger partial charge is 0.306 e. The van der Waals surface area contributed by atoms with Crippen LogP contribution in [0.1, 0.15) is 19.8 Å². The number of benzene rings is 1. The fourth-order valence-electron chi connectivity index (χ4n) is 1.52. The number of hydrogen-bond acceptors (Lipinski definition) is 3. The van der Waals surface area contributed by atoms with Gasteiger partial charge in [0, 0.05) is 11.6 Å². The second kappa shape index (κ2) is 8.43. The molecule has 1 aromatic carbocycles. The van der Waals surface area contributed by atoms with Crippen LogP contribution in [-0.2, 0) is 9.59 Å². The molecule has 0 saturated carbocycles. The topological polar surface area (TPSA) is 75.6 Å². The Bertz CT molecular complexity index is 464. The zero-order valence-electron chi connectivity index (χ0n) is 11.3. The van der Waals surface area contributed by atoms with Crippen molar-refractivity contribution in [2.75, 3.05) is 13.2 Å². The predicted octanol–water partition coefficient (Wildman–Crippen LogP) is 2.34. The number of carbonyl (C=O) groups is 2. The standard InChI is InChI=1S/C14H18ClNO4/c1-10(14(18)19)4-3-7-16-13(17)9-20-12-6-2-5-11(15)8-12/h2,5-6,8,10H,3-4,7,9H2,1H3,(H,16,17)(H,18,19). The number of ether oxygens (including phenoxy) is 1. The maximum atomic E-state index is 11.5. The summed E-state index contributed by atoms with van der Waals surface area (Å²) < 4.78 is 5.27. The van der Waals surface area contributed by atoms with Crippen molar-refractivity contribution in [2.24, 2.45) is 5.92 Å². The molecule has 0 aromatic heterocycles. The number of halogens is 1. The summed E-state index contributed by atoms with van der Waals surface area (Å²) in [6.45, 7) is 2.00. The summed E-state index contributed by atoms with van der Waals surface area (Å²) in [5.74, 6) is -0.921. The van der Waals surface area contributed by atoms with Crippen molar-refractivity contribution in [3.8, 4) is 5.75 Å². The highest BCUT2D eigenvalue weighted by Crippen LogP contribution is 2.16. The van der Waals surface area contributed by atoms with Crippen LogP contribution in [0.3, 0.4) is 0 Å². The summed E-state index contributed by atoms with van der Waals surface area (Å²) in [5.41, 5.74) is 0. The van der Waals surface area contributed by atoms with Crippen LogP contribution in [0.5, 0.6) is 5.75 Å². The number of amides is 1. The third kappa shape index (κ3) is 6.43. The SMILES string of the molecule is CC(CCCNC(=O)COc1cccc(Cl)c1)C(=O)O. The van der Waals surface area contributed by atoms with Gasteiger partial charge in [-0.25, -0.2) is 0 Å². The summed E-state index contributed by atoms with van der Waals surface area (Å²) in [7, 11) is 0. The van der Waals surface area contributed by atoms with E-state index < -0.39 is 11.9 Å². The van der Waals surface area contributed by atoms with Crippen LogP contribution in [0.2, 0.25) is 5.02 Å².